The molecule has 14 heavy (non-hydrogen) atoms. The van der Waals surface area contributed by atoms with Gasteiger partial charge in [0.15, 0.2) is 0 Å². The van der Waals surface area contributed by atoms with Crippen LogP contribution in [0.15, 0.2) is 14.8 Å². The molecule has 1 aromatic rings. The molecule has 0 aliphatic heterocycles. The Hall–Kier alpha value is -0.395. The largest absolute Gasteiger partial charge is 0.290 e. The van der Waals surface area contributed by atoms with Gasteiger partial charge in [0.2, 0.25) is 4.34 Å². The van der Waals surface area contributed by atoms with Crippen molar-refractivity contribution < 1.29 is 4.21 Å². The molecule has 1 aromatic heterocycles. The van der Waals surface area contributed by atoms with Gasteiger partial charge in [-0.25, -0.2) is 14.3 Å². The molecular weight excluding hydrogens is 217 g/mol. The number of rotatable bonds is 1. The first-order valence-corrected chi connectivity index (χ1v) is 6.56. The van der Waals surface area contributed by atoms with Gasteiger partial charge in [-0.3, -0.25) is 4.27 Å². The molecule has 0 bridgehead atoms. The summed E-state index contributed by atoms with van der Waals surface area (Å²) in [6.07, 6.45) is 1.72. The summed E-state index contributed by atoms with van der Waals surface area (Å²) in [5.74, 6) is 0. The Morgan fingerprint density at radius 2 is 2.21 bits per heavy atom. The van der Waals surface area contributed by atoms with E-state index < -0.39 is 9.92 Å². The number of hydrogen-bond acceptors (Lipinski definition) is 4. The Kier molecular flexibility index (Phi) is 3.03. The van der Waals surface area contributed by atoms with Crippen LogP contribution in [0, 0.1) is 0 Å². The summed E-state index contributed by atoms with van der Waals surface area (Å²) < 4.78 is 15.7. The maximum Gasteiger partial charge on any atom is 0.259 e. The summed E-state index contributed by atoms with van der Waals surface area (Å²) in [5, 5.41) is 5.50. The second kappa shape index (κ2) is 3.64. The first-order valence-electron chi connectivity index (χ1n) is 4.17. The smallest absolute Gasteiger partial charge is 0.259 e. The van der Waals surface area contributed by atoms with Crippen molar-refractivity contribution in [3.63, 3.8) is 0 Å². The molecule has 0 fully saturated rings. The summed E-state index contributed by atoms with van der Waals surface area (Å²) in [4.78, 5) is 5.11. The molecule has 1 atom stereocenters. The molecule has 1 heterocycles. The van der Waals surface area contributed by atoms with Crippen LogP contribution in [0.25, 0.3) is 0 Å². The third-order valence-corrected chi connectivity index (χ3v) is 5.08. The van der Waals surface area contributed by atoms with Gasteiger partial charge in [-0.1, -0.05) is 20.8 Å². The molecule has 7 heteroatoms. The monoisotopic (exact) mass is 231 g/mol. The van der Waals surface area contributed by atoms with Crippen molar-refractivity contribution >= 4 is 29.2 Å². The topological polar surface area (TPSA) is 68.3 Å². The first-order chi connectivity index (χ1) is 6.27. The molecule has 1 rings (SSSR count). The van der Waals surface area contributed by atoms with Crippen molar-refractivity contribution in [1.29, 1.82) is 0 Å². The highest BCUT2D eigenvalue weighted by Gasteiger charge is 2.19. The predicted octanol–water partition coefficient (Wildman–Crippen LogP) is 0.689. The predicted molar refractivity (Wildman–Crippen MR) is 62.4 cm³/mol. The van der Waals surface area contributed by atoms with Gasteiger partial charge in [0, 0.05) is 11.1 Å². The third kappa shape index (κ3) is 2.34. The average Bonchev–Trinajstić information content (AvgIpc) is 2.51. The minimum Gasteiger partial charge on any atom is -0.290 e. The fourth-order valence-electron chi connectivity index (χ4n) is 0.818. The van der Waals surface area contributed by atoms with Gasteiger partial charge in [0.25, 0.3) is 7.98 Å². The van der Waals surface area contributed by atoms with Crippen molar-refractivity contribution in [2.24, 2.45) is 9.41 Å². The molecule has 0 spiro atoms. The van der Waals surface area contributed by atoms with E-state index in [2.05, 4.69) is 30.0 Å². The van der Waals surface area contributed by atoms with Crippen LogP contribution in [0.5, 0.6) is 0 Å². The SMILES string of the molecule is BN=S(N)(=O)c1ncc(C(C)(C)C)s1. The van der Waals surface area contributed by atoms with Crippen LogP contribution in [-0.4, -0.2) is 17.2 Å². The summed E-state index contributed by atoms with van der Waals surface area (Å²) in [7, 11) is -1.31. The molecule has 2 N–H and O–H groups in total. The highest BCUT2D eigenvalue weighted by atomic mass is 32.2. The van der Waals surface area contributed by atoms with Crippen LogP contribution in [0.1, 0.15) is 25.6 Å². The summed E-state index contributed by atoms with van der Waals surface area (Å²) in [5.41, 5.74) is 0.0131. The van der Waals surface area contributed by atoms with Crippen LogP contribution < -0.4 is 5.14 Å². The number of nitrogens with zero attached hydrogens (tertiary/aromatic N) is 2. The van der Waals surface area contributed by atoms with Crippen molar-refractivity contribution in [2.45, 2.75) is 30.5 Å². The highest BCUT2D eigenvalue weighted by Crippen LogP contribution is 2.29. The van der Waals surface area contributed by atoms with E-state index in [1.807, 2.05) is 0 Å². The Morgan fingerprint density at radius 3 is 2.57 bits per heavy atom. The van der Waals surface area contributed by atoms with Gasteiger partial charge in [-0.15, -0.1) is 11.3 Å². The van der Waals surface area contributed by atoms with Gasteiger partial charge in [-0.05, 0) is 5.41 Å². The number of aromatic nitrogens is 1. The van der Waals surface area contributed by atoms with Gasteiger partial charge in [-0.2, -0.15) is 0 Å². The Bertz CT molecular complexity index is 440. The molecule has 0 radical (unpaired) electrons. The van der Waals surface area contributed by atoms with Crippen LogP contribution in [0.3, 0.4) is 0 Å². The highest BCUT2D eigenvalue weighted by molar-refractivity contribution is 7.93. The van der Waals surface area contributed by atoms with E-state index in [0.717, 1.165) is 4.88 Å². The van der Waals surface area contributed by atoms with Gasteiger partial charge in [0.1, 0.15) is 9.92 Å². The maximum atomic E-state index is 11.7. The van der Waals surface area contributed by atoms with E-state index in [4.69, 9.17) is 5.14 Å². The lowest BCUT2D eigenvalue weighted by atomic mass is 9.96. The first kappa shape index (κ1) is 11.7. The molecule has 0 amide bonds. The van der Waals surface area contributed by atoms with Crippen LogP contribution >= 0.6 is 11.3 Å². The standard InChI is InChI=1S/C7H14BN3OS2/c1-7(2,3)5-4-10-6(13-5)14(9,12)11-8/h4H,8H2,1-3H3,(H2,9,11,12). The zero-order valence-electron chi connectivity index (χ0n) is 8.77. The fourth-order valence-corrected chi connectivity index (χ4v) is 2.85. The Morgan fingerprint density at radius 1 is 1.64 bits per heavy atom. The van der Waals surface area contributed by atoms with E-state index in [-0.39, 0.29) is 5.41 Å². The van der Waals surface area contributed by atoms with E-state index in [0.29, 0.717) is 4.34 Å². The maximum absolute atomic E-state index is 11.7. The Labute approximate surface area is 89.7 Å². The molecule has 0 aliphatic rings. The Balaban J connectivity index is 3.20. The quantitative estimate of drug-likeness (QED) is 0.722. The van der Waals surface area contributed by atoms with Crippen molar-refractivity contribution in [3.8, 4) is 0 Å². The van der Waals surface area contributed by atoms with E-state index in [9.17, 15) is 4.21 Å². The normalized spacial score (nSPS) is 16.3. The fraction of sp³-hybridized carbons (Fsp3) is 0.571. The lowest BCUT2D eigenvalue weighted by molar-refractivity contribution is 0.602. The van der Waals surface area contributed by atoms with Crippen molar-refractivity contribution in [3.05, 3.63) is 11.1 Å². The molecule has 4 nitrogen and oxygen atoms in total. The molecule has 0 saturated carbocycles. The van der Waals surface area contributed by atoms with Crippen LogP contribution in [0.4, 0.5) is 0 Å². The zero-order chi connectivity index (χ0) is 11.0. The van der Waals surface area contributed by atoms with Crippen LogP contribution in [0.2, 0.25) is 0 Å². The number of thiazole rings is 1. The molecule has 0 aliphatic carbocycles. The van der Waals surface area contributed by atoms with Gasteiger partial charge in [0.05, 0.1) is 0 Å². The minimum atomic E-state index is -2.76. The molecule has 78 valence electrons. The third-order valence-electron chi connectivity index (χ3n) is 1.75. The molecule has 1 unspecified atom stereocenters. The second-order valence-corrected chi connectivity index (χ2v) is 7.17. The lowest BCUT2D eigenvalue weighted by Crippen LogP contribution is -2.11. The minimum absolute atomic E-state index is 0.0131. The lowest BCUT2D eigenvalue weighted by Gasteiger charge is -2.14. The average molecular weight is 231 g/mol. The van der Waals surface area contributed by atoms with E-state index in [1.54, 1.807) is 6.20 Å². The number of nitrogens with two attached hydrogens (primary N) is 1. The van der Waals surface area contributed by atoms with Gasteiger partial charge >= 0.3 is 0 Å². The van der Waals surface area contributed by atoms with E-state index >= 15 is 0 Å². The summed E-state index contributed by atoms with van der Waals surface area (Å²) in [6, 6.07) is 0. The summed E-state index contributed by atoms with van der Waals surface area (Å²) >= 11 is 1.37. The summed E-state index contributed by atoms with van der Waals surface area (Å²) in [6.45, 7) is 6.23. The van der Waals surface area contributed by atoms with Gasteiger partial charge < -0.3 is 0 Å². The second-order valence-electron chi connectivity index (χ2n) is 3.99. The van der Waals surface area contributed by atoms with Crippen molar-refractivity contribution in [1.82, 2.24) is 4.98 Å². The van der Waals surface area contributed by atoms with Crippen LogP contribution in [-0.2, 0) is 15.3 Å². The van der Waals surface area contributed by atoms with Crippen molar-refractivity contribution in [2.75, 3.05) is 0 Å². The molecule has 0 aromatic carbocycles. The molecule has 0 saturated heterocycles. The zero-order valence-corrected chi connectivity index (χ0v) is 10.4. The molecular formula is C7H14BN3OS2. The van der Waals surface area contributed by atoms with E-state index in [1.165, 1.54) is 19.3 Å². The number of hydrogen-bond donors (Lipinski definition) is 1.